The molecule has 0 atom stereocenters. The van der Waals surface area contributed by atoms with Gasteiger partial charge in [-0.2, -0.15) is 0 Å². The summed E-state index contributed by atoms with van der Waals surface area (Å²) in [7, 11) is 2.11. The zero-order valence-electron chi connectivity index (χ0n) is 12.2. The van der Waals surface area contributed by atoms with E-state index in [-0.39, 0.29) is 0 Å². The molecule has 0 aliphatic heterocycles. The zero-order valence-corrected chi connectivity index (χ0v) is 16.7. The number of hydrogen-bond acceptors (Lipinski definition) is 0. The van der Waals surface area contributed by atoms with E-state index in [1.54, 1.807) is 0 Å². The summed E-state index contributed by atoms with van der Waals surface area (Å²) in [5.74, 6) is 0. The molecule has 0 unspecified atom stereocenters. The Morgan fingerprint density at radius 3 is 2.36 bits per heavy atom. The van der Waals surface area contributed by atoms with E-state index in [0.29, 0.717) is 0 Å². The minimum Gasteiger partial charge on any atom is -0.346 e. The normalized spacial score (nSPS) is 11.0. The first-order valence-electron chi connectivity index (χ1n) is 6.85. The Morgan fingerprint density at radius 2 is 1.73 bits per heavy atom. The molecule has 3 rings (SSSR count). The van der Waals surface area contributed by atoms with Crippen LogP contribution in [0.25, 0.3) is 22.4 Å². The van der Waals surface area contributed by atoms with Crippen LogP contribution in [0.2, 0.25) is 5.02 Å². The van der Waals surface area contributed by atoms with E-state index in [2.05, 4.69) is 87.4 Å². The Balaban J connectivity index is 2.30. The van der Waals surface area contributed by atoms with Gasteiger partial charge in [0, 0.05) is 31.4 Å². The van der Waals surface area contributed by atoms with Crippen molar-refractivity contribution < 1.29 is 0 Å². The van der Waals surface area contributed by atoms with Gasteiger partial charge >= 0.3 is 0 Å². The van der Waals surface area contributed by atoms with Gasteiger partial charge in [0.2, 0.25) is 0 Å². The Kier molecular flexibility index (Phi) is 4.67. The maximum Gasteiger partial charge on any atom is 0.0570 e. The molecule has 1 heterocycles. The SMILES string of the molecule is Cc1c(I)c(-c2cccc(Br)c2)c(-c2ccc(Cl)cc2)n1C. The standard InChI is InChI=1S/C18H14BrClIN/c1-11-17(21)16(13-4-3-5-14(19)10-13)18(22(11)2)12-6-8-15(20)9-7-12/h3-10H,1-2H3. The van der Waals surface area contributed by atoms with Crippen molar-refractivity contribution in [3.63, 3.8) is 0 Å². The molecule has 0 aliphatic rings. The third-order valence-corrected chi connectivity index (χ3v) is 5.91. The Bertz CT molecular complexity index is 837. The molecular weight excluding hydrogens is 472 g/mol. The van der Waals surface area contributed by atoms with Crippen LogP contribution in [0.3, 0.4) is 0 Å². The van der Waals surface area contributed by atoms with Crippen molar-refractivity contribution in [2.75, 3.05) is 0 Å². The molecule has 1 nitrogen and oxygen atoms in total. The number of halogens is 3. The molecule has 0 aliphatic carbocycles. The van der Waals surface area contributed by atoms with E-state index in [1.807, 2.05) is 18.2 Å². The van der Waals surface area contributed by atoms with Gasteiger partial charge in [0.1, 0.15) is 0 Å². The molecule has 22 heavy (non-hydrogen) atoms. The van der Waals surface area contributed by atoms with E-state index in [0.717, 1.165) is 9.50 Å². The molecule has 0 saturated heterocycles. The van der Waals surface area contributed by atoms with Gasteiger partial charge in [0.05, 0.1) is 5.69 Å². The summed E-state index contributed by atoms with van der Waals surface area (Å²) in [4.78, 5) is 0. The molecule has 0 fully saturated rings. The summed E-state index contributed by atoms with van der Waals surface area (Å²) in [5.41, 5.74) is 6.14. The highest BCUT2D eigenvalue weighted by molar-refractivity contribution is 14.1. The monoisotopic (exact) mass is 485 g/mol. The lowest BCUT2D eigenvalue weighted by molar-refractivity contribution is 0.888. The number of rotatable bonds is 2. The van der Waals surface area contributed by atoms with Crippen LogP contribution < -0.4 is 0 Å². The highest BCUT2D eigenvalue weighted by Gasteiger charge is 2.19. The summed E-state index contributed by atoms with van der Waals surface area (Å²) in [5, 5.41) is 0.758. The molecule has 4 heteroatoms. The summed E-state index contributed by atoms with van der Waals surface area (Å²) in [6.45, 7) is 2.16. The Morgan fingerprint density at radius 1 is 1.05 bits per heavy atom. The molecule has 0 spiro atoms. The van der Waals surface area contributed by atoms with Crippen molar-refractivity contribution >= 4 is 50.1 Å². The van der Waals surface area contributed by atoms with E-state index in [9.17, 15) is 0 Å². The minimum atomic E-state index is 0.758. The average Bonchev–Trinajstić information content (AvgIpc) is 2.72. The number of hydrogen-bond donors (Lipinski definition) is 0. The Hall–Kier alpha value is -0.780. The zero-order chi connectivity index (χ0) is 15.9. The Labute approximate surface area is 157 Å². The first-order valence-corrected chi connectivity index (χ1v) is 9.10. The maximum atomic E-state index is 6.04. The minimum absolute atomic E-state index is 0.758. The fourth-order valence-electron chi connectivity index (χ4n) is 2.62. The van der Waals surface area contributed by atoms with E-state index < -0.39 is 0 Å². The lowest BCUT2D eigenvalue weighted by atomic mass is 10.0. The van der Waals surface area contributed by atoms with Crippen LogP contribution in [-0.4, -0.2) is 4.57 Å². The van der Waals surface area contributed by atoms with Gasteiger partial charge in [0.15, 0.2) is 0 Å². The fourth-order valence-corrected chi connectivity index (χ4v) is 4.07. The van der Waals surface area contributed by atoms with Gasteiger partial charge in [-0.3, -0.25) is 0 Å². The largest absolute Gasteiger partial charge is 0.346 e. The van der Waals surface area contributed by atoms with Crippen LogP contribution in [-0.2, 0) is 7.05 Å². The highest BCUT2D eigenvalue weighted by atomic mass is 127. The first-order chi connectivity index (χ1) is 10.5. The molecule has 3 aromatic rings. The summed E-state index contributed by atoms with van der Waals surface area (Å²) >= 11 is 12.0. The van der Waals surface area contributed by atoms with Gasteiger partial charge in [-0.05, 0) is 64.9 Å². The molecule has 2 aromatic carbocycles. The van der Waals surface area contributed by atoms with E-state index >= 15 is 0 Å². The van der Waals surface area contributed by atoms with Crippen LogP contribution in [0.15, 0.2) is 53.0 Å². The second-order valence-electron chi connectivity index (χ2n) is 5.20. The number of aromatic nitrogens is 1. The van der Waals surface area contributed by atoms with Crippen molar-refractivity contribution in [1.29, 1.82) is 0 Å². The van der Waals surface area contributed by atoms with Gasteiger partial charge in [-0.1, -0.05) is 51.8 Å². The first kappa shape index (κ1) is 16.1. The second kappa shape index (κ2) is 6.38. The molecule has 1 aromatic heterocycles. The third-order valence-electron chi connectivity index (χ3n) is 3.84. The van der Waals surface area contributed by atoms with Crippen LogP contribution in [0.1, 0.15) is 5.69 Å². The van der Waals surface area contributed by atoms with Crippen molar-refractivity contribution in [3.05, 3.63) is 67.3 Å². The molecule has 0 radical (unpaired) electrons. The van der Waals surface area contributed by atoms with Crippen LogP contribution >= 0.6 is 50.1 Å². The van der Waals surface area contributed by atoms with Crippen molar-refractivity contribution in [2.45, 2.75) is 6.92 Å². The second-order valence-corrected chi connectivity index (χ2v) is 7.63. The topological polar surface area (TPSA) is 4.93 Å². The fraction of sp³-hybridized carbons (Fsp3) is 0.111. The lowest BCUT2D eigenvalue weighted by Crippen LogP contribution is -1.94. The van der Waals surface area contributed by atoms with Gasteiger partial charge < -0.3 is 4.57 Å². The molecule has 0 N–H and O–H groups in total. The molecule has 112 valence electrons. The maximum absolute atomic E-state index is 6.04. The molecule has 0 bridgehead atoms. The van der Waals surface area contributed by atoms with Crippen molar-refractivity contribution in [2.24, 2.45) is 7.05 Å². The number of benzene rings is 2. The van der Waals surface area contributed by atoms with Crippen LogP contribution in [0.4, 0.5) is 0 Å². The summed E-state index contributed by atoms with van der Waals surface area (Å²) in [6, 6.07) is 16.5. The van der Waals surface area contributed by atoms with Crippen molar-refractivity contribution in [1.82, 2.24) is 4.57 Å². The lowest BCUT2D eigenvalue weighted by Gasteiger charge is -2.10. The predicted molar refractivity (Wildman–Crippen MR) is 106 cm³/mol. The van der Waals surface area contributed by atoms with Crippen molar-refractivity contribution in [3.8, 4) is 22.4 Å². The van der Waals surface area contributed by atoms with E-state index in [4.69, 9.17) is 11.6 Å². The average molecular weight is 487 g/mol. The smallest absolute Gasteiger partial charge is 0.0570 e. The third kappa shape index (κ3) is 2.86. The molecular formula is C18H14BrClIN. The predicted octanol–water partition coefficient (Wildman–Crippen LogP) is 6.69. The van der Waals surface area contributed by atoms with Gasteiger partial charge in [-0.15, -0.1) is 0 Å². The quantitative estimate of drug-likeness (QED) is 0.356. The van der Waals surface area contributed by atoms with E-state index in [1.165, 1.54) is 31.6 Å². The molecule has 0 saturated carbocycles. The summed E-state index contributed by atoms with van der Waals surface area (Å²) in [6.07, 6.45) is 0. The summed E-state index contributed by atoms with van der Waals surface area (Å²) < 4.78 is 4.62. The van der Waals surface area contributed by atoms with Gasteiger partial charge in [0.25, 0.3) is 0 Å². The number of nitrogens with zero attached hydrogens (tertiary/aromatic N) is 1. The molecule has 0 amide bonds. The van der Waals surface area contributed by atoms with Gasteiger partial charge in [-0.25, -0.2) is 0 Å². The van der Waals surface area contributed by atoms with Crippen LogP contribution in [0, 0.1) is 10.5 Å². The highest BCUT2D eigenvalue weighted by Crippen LogP contribution is 2.40. The van der Waals surface area contributed by atoms with Crippen LogP contribution in [0.5, 0.6) is 0 Å².